The molecule has 4 aliphatic heterocycles. The van der Waals surface area contributed by atoms with Crippen molar-refractivity contribution in [1.82, 2.24) is 4.90 Å². The summed E-state index contributed by atoms with van der Waals surface area (Å²) in [6.07, 6.45) is 10.8. The van der Waals surface area contributed by atoms with Crippen LogP contribution in [0.3, 0.4) is 0 Å². The van der Waals surface area contributed by atoms with E-state index < -0.39 is 6.10 Å². The first-order valence-electron chi connectivity index (χ1n) is 10.6. The summed E-state index contributed by atoms with van der Waals surface area (Å²) in [5.41, 5.74) is 1.21. The molecule has 0 aromatic heterocycles. The molecule has 7 bridgehead atoms. The molecule has 4 saturated heterocycles. The van der Waals surface area contributed by atoms with Gasteiger partial charge in [-0.3, -0.25) is 0 Å². The third-order valence-electron chi connectivity index (χ3n) is 9.98. The number of aliphatic hydroxyl groups is 1. The molecule has 2 spiro atoms. The second-order valence-corrected chi connectivity index (χ2v) is 10.4. The number of fused-ring (bicyclic) bond motifs is 3. The Hall–Kier alpha value is -0.680. The molecule has 140 valence electrons. The van der Waals surface area contributed by atoms with Crippen molar-refractivity contribution < 1.29 is 14.6 Å². The van der Waals surface area contributed by atoms with Gasteiger partial charge in [0.1, 0.15) is 12.5 Å². The molecule has 9 aliphatic rings. The zero-order valence-corrected chi connectivity index (χ0v) is 15.6. The van der Waals surface area contributed by atoms with Crippen molar-refractivity contribution in [2.45, 2.75) is 63.7 Å². The van der Waals surface area contributed by atoms with Crippen molar-refractivity contribution >= 4 is 0 Å². The molecular weight excluding hydrogens is 326 g/mol. The summed E-state index contributed by atoms with van der Waals surface area (Å²) in [7, 11) is 0. The summed E-state index contributed by atoms with van der Waals surface area (Å²) in [6, 6.07) is 0. The molecule has 0 aromatic rings. The lowest BCUT2D eigenvalue weighted by Gasteiger charge is -2.79. The van der Waals surface area contributed by atoms with Gasteiger partial charge in [0.15, 0.2) is 0 Å². The number of aliphatic hydroxyl groups excluding tert-OH is 1. The molecule has 4 heterocycles. The van der Waals surface area contributed by atoms with E-state index in [1.807, 2.05) is 0 Å². The minimum absolute atomic E-state index is 0.118. The van der Waals surface area contributed by atoms with E-state index in [0.717, 1.165) is 31.6 Å². The SMILES string of the molecule is C=C1C2C=CC3(C4CC5C6(CCCC5(C)[C@H]5OCCN5C6O4)C3C2)[C@H]1O. The van der Waals surface area contributed by atoms with E-state index in [1.165, 1.54) is 19.3 Å². The predicted molar refractivity (Wildman–Crippen MR) is 95.9 cm³/mol. The molecule has 4 heteroatoms. The monoisotopic (exact) mass is 355 g/mol. The van der Waals surface area contributed by atoms with Crippen molar-refractivity contribution in [3.8, 4) is 0 Å². The Morgan fingerprint density at radius 1 is 1.23 bits per heavy atom. The van der Waals surface area contributed by atoms with Gasteiger partial charge in [-0.1, -0.05) is 32.1 Å². The average molecular weight is 355 g/mol. The van der Waals surface area contributed by atoms with Crippen molar-refractivity contribution in [1.29, 1.82) is 0 Å². The van der Waals surface area contributed by atoms with E-state index in [1.54, 1.807) is 0 Å². The molecule has 0 aromatic carbocycles. The van der Waals surface area contributed by atoms with E-state index in [4.69, 9.17) is 9.47 Å². The fourth-order valence-corrected chi connectivity index (χ4v) is 9.17. The van der Waals surface area contributed by atoms with E-state index in [-0.39, 0.29) is 34.8 Å². The number of allylic oxidation sites excluding steroid dienone is 1. The summed E-state index contributed by atoms with van der Waals surface area (Å²) < 4.78 is 13.2. The van der Waals surface area contributed by atoms with E-state index in [0.29, 0.717) is 17.8 Å². The van der Waals surface area contributed by atoms with E-state index in [9.17, 15) is 5.11 Å². The predicted octanol–water partition coefficient (Wildman–Crippen LogP) is 2.69. The molecule has 3 saturated carbocycles. The quantitative estimate of drug-likeness (QED) is 0.679. The van der Waals surface area contributed by atoms with Crippen LogP contribution in [0.15, 0.2) is 24.3 Å². The van der Waals surface area contributed by atoms with Crippen LogP contribution in [0.25, 0.3) is 0 Å². The molecular formula is C22H29NO3. The number of piperidine rings is 1. The first-order chi connectivity index (χ1) is 12.5. The molecule has 5 aliphatic carbocycles. The molecule has 0 amide bonds. The lowest BCUT2D eigenvalue weighted by Crippen LogP contribution is -2.82. The standard InChI is InChI=1S/C22H29NO3/c1-12-13-4-7-22(17(12)24)15(10-13)21-6-3-5-20(2)14(21)11-16(22)26-19(21)23-8-9-25-18(20)23/h4,7,13-19,24H,1,3,5-6,8-11H2,2H3/t13?,14?,15?,16?,17-,18+,19?,20?,21?,22?/m0/s1. The van der Waals surface area contributed by atoms with Gasteiger partial charge in [-0.15, -0.1) is 0 Å². The number of hydrogen-bond donors (Lipinski definition) is 1. The van der Waals surface area contributed by atoms with Crippen LogP contribution in [0.1, 0.15) is 39.0 Å². The second-order valence-electron chi connectivity index (χ2n) is 10.4. The summed E-state index contributed by atoms with van der Waals surface area (Å²) in [5.74, 6) is 1.54. The van der Waals surface area contributed by atoms with Gasteiger partial charge >= 0.3 is 0 Å². The Labute approximate surface area is 155 Å². The summed E-state index contributed by atoms with van der Waals surface area (Å²) in [5, 5.41) is 11.3. The normalized spacial score (nSPS) is 64.5. The van der Waals surface area contributed by atoms with Crippen LogP contribution in [-0.2, 0) is 9.47 Å². The van der Waals surface area contributed by atoms with Gasteiger partial charge in [0, 0.05) is 28.7 Å². The van der Waals surface area contributed by atoms with E-state index in [2.05, 4.69) is 30.6 Å². The van der Waals surface area contributed by atoms with Gasteiger partial charge in [0.25, 0.3) is 0 Å². The highest BCUT2D eigenvalue weighted by atomic mass is 16.6. The Bertz CT molecular complexity index is 750. The van der Waals surface area contributed by atoms with Crippen LogP contribution in [0.4, 0.5) is 0 Å². The Kier molecular flexibility index (Phi) is 2.54. The Morgan fingerprint density at radius 3 is 3.00 bits per heavy atom. The fraction of sp³-hybridized carbons (Fsp3) is 0.818. The summed E-state index contributed by atoms with van der Waals surface area (Å²) in [6.45, 7) is 8.61. The molecule has 0 radical (unpaired) electrons. The largest absolute Gasteiger partial charge is 0.388 e. The van der Waals surface area contributed by atoms with Crippen LogP contribution < -0.4 is 0 Å². The smallest absolute Gasteiger partial charge is 0.119 e. The summed E-state index contributed by atoms with van der Waals surface area (Å²) >= 11 is 0. The van der Waals surface area contributed by atoms with Crippen LogP contribution >= 0.6 is 0 Å². The van der Waals surface area contributed by atoms with Crippen LogP contribution in [-0.4, -0.2) is 47.8 Å². The third-order valence-corrected chi connectivity index (χ3v) is 9.98. The first-order valence-corrected chi connectivity index (χ1v) is 10.6. The highest BCUT2D eigenvalue weighted by Crippen LogP contribution is 2.78. The molecule has 10 atom stereocenters. The van der Waals surface area contributed by atoms with Gasteiger partial charge < -0.3 is 14.6 Å². The molecule has 4 nitrogen and oxygen atoms in total. The maximum atomic E-state index is 11.3. The van der Waals surface area contributed by atoms with Crippen molar-refractivity contribution in [2.75, 3.05) is 13.2 Å². The fourth-order valence-electron chi connectivity index (χ4n) is 9.17. The van der Waals surface area contributed by atoms with E-state index >= 15 is 0 Å². The number of rotatable bonds is 0. The number of ether oxygens (including phenoxy) is 2. The topological polar surface area (TPSA) is 41.9 Å². The minimum Gasteiger partial charge on any atom is -0.388 e. The molecule has 26 heavy (non-hydrogen) atoms. The molecule has 1 N–H and O–H groups in total. The zero-order chi connectivity index (χ0) is 17.5. The zero-order valence-electron chi connectivity index (χ0n) is 15.6. The van der Waals surface area contributed by atoms with Gasteiger partial charge in [-0.25, -0.2) is 4.90 Å². The minimum atomic E-state index is -0.432. The van der Waals surface area contributed by atoms with Crippen molar-refractivity contribution in [3.05, 3.63) is 24.3 Å². The van der Waals surface area contributed by atoms with Crippen molar-refractivity contribution in [2.24, 2.45) is 34.0 Å². The number of hydrogen-bond acceptors (Lipinski definition) is 4. The molecule has 7 fully saturated rings. The average Bonchev–Trinajstić information content (AvgIpc) is 3.14. The maximum absolute atomic E-state index is 11.3. The first kappa shape index (κ1) is 15.3. The summed E-state index contributed by atoms with van der Waals surface area (Å²) in [4.78, 5) is 2.57. The van der Waals surface area contributed by atoms with Gasteiger partial charge in [0.2, 0.25) is 0 Å². The van der Waals surface area contributed by atoms with Gasteiger partial charge in [0.05, 0.1) is 18.8 Å². The van der Waals surface area contributed by atoms with Crippen LogP contribution in [0.5, 0.6) is 0 Å². The van der Waals surface area contributed by atoms with Gasteiger partial charge in [-0.05, 0) is 43.1 Å². The lowest BCUT2D eigenvalue weighted by atomic mass is 9.33. The van der Waals surface area contributed by atoms with Crippen molar-refractivity contribution in [3.63, 3.8) is 0 Å². The van der Waals surface area contributed by atoms with Crippen LogP contribution in [0.2, 0.25) is 0 Å². The maximum Gasteiger partial charge on any atom is 0.119 e. The van der Waals surface area contributed by atoms with Gasteiger partial charge in [-0.2, -0.15) is 0 Å². The second kappa shape index (κ2) is 4.32. The van der Waals surface area contributed by atoms with Crippen LogP contribution in [0, 0.1) is 34.0 Å². The highest BCUT2D eigenvalue weighted by Gasteiger charge is 2.80. The molecule has 9 rings (SSSR count). The lowest BCUT2D eigenvalue weighted by molar-refractivity contribution is -0.409. The Balaban J connectivity index is 1.47. The molecule has 8 unspecified atom stereocenters. The highest BCUT2D eigenvalue weighted by molar-refractivity contribution is 5.39. The third kappa shape index (κ3) is 1.28. The Morgan fingerprint density at radius 2 is 2.12 bits per heavy atom. The number of nitrogens with zero attached hydrogens (tertiary/aromatic N) is 1.